The highest BCUT2D eigenvalue weighted by Crippen LogP contribution is 2.19. The first-order valence-corrected chi connectivity index (χ1v) is 8.06. The largest absolute Gasteiger partial charge is 0.361 e. The summed E-state index contributed by atoms with van der Waals surface area (Å²) in [4.78, 5) is 27.0. The van der Waals surface area contributed by atoms with Crippen molar-refractivity contribution in [1.82, 2.24) is 15.6 Å². The average molecular weight is 336 g/mol. The average Bonchev–Trinajstić information content (AvgIpc) is 3.03. The Bertz CT molecular complexity index is 873. The van der Waals surface area contributed by atoms with Gasteiger partial charge in [-0.3, -0.25) is 4.79 Å². The molecule has 6 heteroatoms. The summed E-state index contributed by atoms with van der Waals surface area (Å²) in [5.74, 6) is -0.270. The zero-order valence-corrected chi connectivity index (χ0v) is 13.7. The molecule has 1 aromatic heterocycles. The van der Waals surface area contributed by atoms with Crippen molar-refractivity contribution in [1.29, 1.82) is 0 Å². The molecule has 128 valence electrons. The number of amides is 3. The quantitative estimate of drug-likeness (QED) is 0.554. The second-order valence-electron chi connectivity index (χ2n) is 5.83. The van der Waals surface area contributed by atoms with E-state index >= 15 is 0 Å². The van der Waals surface area contributed by atoms with Gasteiger partial charge < -0.3 is 21.4 Å². The number of rotatable bonds is 6. The molecular formula is C19H20N4O2. The van der Waals surface area contributed by atoms with E-state index in [4.69, 9.17) is 5.73 Å². The second-order valence-corrected chi connectivity index (χ2v) is 5.83. The normalized spacial score (nSPS) is 11.8. The van der Waals surface area contributed by atoms with Crippen molar-refractivity contribution in [3.63, 3.8) is 0 Å². The molecule has 0 saturated heterocycles. The summed E-state index contributed by atoms with van der Waals surface area (Å²) in [5, 5.41) is 6.40. The number of primary amides is 1. The van der Waals surface area contributed by atoms with Crippen LogP contribution in [0.4, 0.5) is 4.79 Å². The topological polar surface area (TPSA) is 100 Å². The summed E-state index contributed by atoms with van der Waals surface area (Å²) in [6.07, 6.45) is 2.21. The summed E-state index contributed by atoms with van der Waals surface area (Å²) >= 11 is 0. The highest BCUT2D eigenvalue weighted by Gasteiger charge is 2.21. The lowest BCUT2D eigenvalue weighted by Crippen LogP contribution is -2.49. The molecule has 0 aliphatic carbocycles. The minimum absolute atomic E-state index is 0.270. The fourth-order valence-electron chi connectivity index (χ4n) is 2.81. The highest BCUT2D eigenvalue weighted by molar-refractivity contribution is 5.88. The molecule has 0 spiro atoms. The third-order valence-corrected chi connectivity index (χ3v) is 4.04. The maximum Gasteiger partial charge on any atom is 0.312 e. The van der Waals surface area contributed by atoms with Gasteiger partial charge in [0, 0.05) is 30.1 Å². The fraction of sp³-hybridized carbons (Fsp3) is 0.158. The molecule has 0 radical (unpaired) electrons. The Morgan fingerprint density at radius 3 is 2.52 bits per heavy atom. The lowest BCUT2D eigenvalue weighted by atomic mass is 10.0. The van der Waals surface area contributed by atoms with Gasteiger partial charge in [0.05, 0.1) is 0 Å². The van der Waals surface area contributed by atoms with Crippen LogP contribution in [-0.2, 0) is 17.8 Å². The van der Waals surface area contributed by atoms with E-state index in [0.717, 1.165) is 22.0 Å². The highest BCUT2D eigenvalue weighted by atomic mass is 16.2. The van der Waals surface area contributed by atoms with Gasteiger partial charge in [-0.1, -0.05) is 48.5 Å². The number of H-pyrrole nitrogens is 1. The van der Waals surface area contributed by atoms with Gasteiger partial charge in [-0.2, -0.15) is 0 Å². The number of aromatic amines is 1. The lowest BCUT2D eigenvalue weighted by Gasteiger charge is -2.17. The van der Waals surface area contributed by atoms with Crippen LogP contribution < -0.4 is 16.4 Å². The van der Waals surface area contributed by atoms with Crippen LogP contribution in [-0.4, -0.2) is 23.0 Å². The number of hydrogen-bond donors (Lipinski definition) is 4. The van der Waals surface area contributed by atoms with Crippen LogP contribution in [0.25, 0.3) is 10.9 Å². The van der Waals surface area contributed by atoms with Crippen molar-refractivity contribution < 1.29 is 9.59 Å². The molecule has 5 N–H and O–H groups in total. The van der Waals surface area contributed by atoms with Gasteiger partial charge in [-0.15, -0.1) is 0 Å². The van der Waals surface area contributed by atoms with E-state index in [-0.39, 0.29) is 5.91 Å². The standard InChI is InChI=1S/C19H20N4O2/c20-19(25)23-17(18(24)22-11-13-6-2-1-3-7-13)10-14-12-21-16-9-5-4-8-15(14)16/h1-9,12,17,21H,10-11H2,(H,22,24)(H3,20,23,25)/t17-/m0/s1. The first-order chi connectivity index (χ1) is 12.1. The molecule has 0 fully saturated rings. The Hall–Kier alpha value is -3.28. The third kappa shape index (κ3) is 4.17. The predicted molar refractivity (Wildman–Crippen MR) is 96.8 cm³/mol. The molecule has 3 aromatic rings. The maximum absolute atomic E-state index is 12.5. The Balaban J connectivity index is 1.72. The van der Waals surface area contributed by atoms with E-state index in [1.807, 2.05) is 60.8 Å². The number of carbonyl (C=O) groups excluding carboxylic acids is 2. The Labute approximate surface area is 145 Å². The lowest BCUT2D eigenvalue weighted by molar-refractivity contribution is -0.123. The van der Waals surface area contributed by atoms with Crippen LogP contribution in [0.2, 0.25) is 0 Å². The molecular weight excluding hydrogens is 316 g/mol. The molecule has 0 saturated carbocycles. The van der Waals surface area contributed by atoms with Crippen molar-refractivity contribution in [2.24, 2.45) is 5.73 Å². The van der Waals surface area contributed by atoms with Crippen molar-refractivity contribution in [2.75, 3.05) is 0 Å². The van der Waals surface area contributed by atoms with E-state index in [1.165, 1.54) is 0 Å². The van der Waals surface area contributed by atoms with Gasteiger partial charge in [-0.25, -0.2) is 4.79 Å². The van der Waals surface area contributed by atoms with Gasteiger partial charge in [0.2, 0.25) is 5.91 Å². The van der Waals surface area contributed by atoms with Crippen LogP contribution in [0.1, 0.15) is 11.1 Å². The third-order valence-electron chi connectivity index (χ3n) is 4.04. The number of carbonyl (C=O) groups is 2. The zero-order valence-electron chi connectivity index (χ0n) is 13.7. The van der Waals surface area contributed by atoms with Crippen LogP contribution in [0.3, 0.4) is 0 Å². The number of urea groups is 1. The number of benzene rings is 2. The second kappa shape index (κ2) is 7.53. The molecule has 25 heavy (non-hydrogen) atoms. The van der Waals surface area contributed by atoms with Crippen LogP contribution in [0.5, 0.6) is 0 Å². The number of aromatic nitrogens is 1. The van der Waals surface area contributed by atoms with Gasteiger partial charge in [0.1, 0.15) is 6.04 Å². The first kappa shape index (κ1) is 16.6. The zero-order chi connectivity index (χ0) is 17.6. The SMILES string of the molecule is NC(=O)N[C@@H](Cc1c[nH]c2ccccc12)C(=O)NCc1ccccc1. The van der Waals surface area contributed by atoms with Crippen molar-refractivity contribution in [3.05, 3.63) is 71.9 Å². The number of nitrogens with two attached hydrogens (primary N) is 1. The van der Waals surface area contributed by atoms with Gasteiger partial charge in [-0.05, 0) is 17.2 Å². The van der Waals surface area contributed by atoms with Crippen LogP contribution >= 0.6 is 0 Å². The summed E-state index contributed by atoms with van der Waals surface area (Å²) in [6, 6.07) is 15.9. The summed E-state index contributed by atoms with van der Waals surface area (Å²) in [6.45, 7) is 0.393. The number of hydrogen-bond acceptors (Lipinski definition) is 2. The van der Waals surface area contributed by atoms with Crippen LogP contribution in [0, 0.1) is 0 Å². The van der Waals surface area contributed by atoms with E-state index < -0.39 is 12.1 Å². The van der Waals surface area contributed by atoms with Crippen molar-refractivity contribution in [3.8, 4) is 0 Å². The van der Waals surface area contributed by atoms with Crippen molar-refractivity contribution in [2.45, 2.75) is 19.0 Å². The summed E-state index contributed by atoms with van der Waals surface area (Å²) in [5.41, 5.74) is 8.16. The molecule has 0 aliphatic rings. The Morgan fingerprint density at radius 1 is 1.04 bits per heavy atom. The van der Waals surface area contributed by atoms with E-state index in [9.17, 15) is 9.59 Å². The van der Waals surface area contributed by atoms with Crippen LogP contribution in [0.15, 0.2) is 60.8 Å². The molecule has 3 amide bonds. The van der Waals surface area contributed by atoms with E-state index in [0.29, 0.717) is 13.0 Å². The molecule has 1 heterocycles. The predicted octanol–water partition coefficient (Wildman–Crippen LogP) is 2.06. The molecule has 3 rings (SSSR count). The molecule has 0 bridgehead atoms. The van der Waals surface area contributed by atoms with Gasteiger partial charge >= 0.3 is 6.03 Å². The molecule has 0 aliphatic heterocycles. The minimum Gasteiger partial charge on any atom is -0.361 e. The van der Waals surface area contributed by atoms with E-state index in [1.54, 1.807) is 0 Å². The van der Waals surface area contributed by atoms with E-state index in [2.05, 4.69) is 15.6 Å². The number of para-hydroxylation sites is 1. The van der Waals surface area contributed by atoms with Crippen molar-refractivity contribution >= 4 is 22.8 Å². The minimum atomic E-state index is -0.736. The molecule has 6 nitrogen and oxygen atoms in total. The fourth-order valence-corrected chi connectivity index (χ4v) is 2.81. The first-order valence-electron chi connectivity index (χ1n) is 8.06. The molecule has 2 aromatic carbocycles. The summed E-state index contributed by atoms with van der Waals surface area (Å²) in [7, 11) is 0. The molecule has 0 unspecified atom stereocenters. The molecule has 1 atom stereocenters. The number of nitrogens with one attached hydrogen (secondary N) is 3. The van der Waals surface area contributed by atoms with Gasteiger partial charge in [0.25, 0.3) is 0 Å². The smallest absolute Gasteiger partial charge is 0.312 e. The maximum atomic E-state index is 12.5. The monoisotopic (exact) mass is 336 g/mol. The Kier molecular flexibility index (Phi) is 4.99. The van der Waals surface area contributed by atoms with Gasteiger partial charge in [0.15, 0.2) is 0 Å². The Morgan fingerprint density at radius 2 is 1.76 bits per heavy atom. The summed E-state index contributed by atoms with van der Waals surface area (Å²) < 4.78 is 0. The number of fused-ring (bicyclic) bond motifs is 1.